The summed E-state index contributed by atoms with van der Waals surface area (Å²) in [6.07, 6.45) is 7.65. The van der Waals surface area contributed by atoms with Crippen LogP contribution >= 0.6 is 0 Å². The number of unbranched alkanes of at least 4 members (excludes halogenated alkanes) is 2. The molecule has 2 heterocycles. The van der Waals surface area contributed by atoms with Crippen molar-refractivity contribution in [1.29, 1.82) is 0 Å². The van der Waals surface area contributed by atoms with Crippen LogP contribution in [-0.4, -0.2) is 30.5 Å². The van der Waals surface area contributed by atoms with Crippen LogP contribution in [0.5, 0.6) is 0 Å². The first-order chi connectivity index (χ1) is 10.2. The summed E-state index contributed by atoms with van der Waals surface area (Å²) in [6, 6.07) is 3.85. The van der Waals surface area contributed by atoms with Gasteiger partial charge >= 0.3 is 0 Å². The molecule has 0 aliphatic carbocycles. The summed E-state index contributed by atoms with van der Waals surface area (Å²) in [5.41, 5.74) is 1.64. The Bertz CT molecular complexity index is 436. The molecule has 0 unspecified atom stereocenters. The maximum atomic E-state index is 12.0. The van der Waals surface area contributed by atoms with E-state index in [1.165, 1.54) is 12.8 Å². The summed E-state index contributed by atoms with van der Waals surface area (Å²) in [4.78, 5) is 18.6. The summed E-state index contributed by atoms with van der Waals surface area (Å²) in [5, 5.41) is 2.92. The van der Waals surface area contributed by atoms with Gasteiger partial charge < -0.3 is 10.2 Å². The van der Waals surface area contributed by atoms with Gasteiger partial charge in [-0.25, -0.2) is 4.98 Å². The lowest BCUT2D eigenvalue weighted by atomic mass is 9.99. The third-order valence-corrected chi connectivity index (χ3v) is 4.20. The van der Waals surface area contributed by atoms with E-state index < -0.39 is 0 Å². The molecule has 0 radical (unpaired) electrons. The predicted molar refractivity (Wildman–Crippen MR) is 86.7 cm³/mol. The van der Waals surface area contributed by atoms with Crippen molar-refractivity contribution in [1.82, 2.24) is 10.3 Å². The van der Waals surface area contributed by atoms with E-state index in [-0.39, 0.29) is 5.91 Å². The molecule has 0 saturated carbocycles. The lowest BCUT2D eigenvalue weighted by molar-refractivity contribution is 0.0948. The molecule has 1 fully saturated rings. The minimum Gasteiger partial charge on any atom is -0.370 e. The molecule has 1 aliphatic heterocycles. The fraction of sp³-hybridized carbons (Fsp3) is 0.647. The first-order valence-electron chi connectivity index (χ1n) is 8.20. The highest BCUT2D eigenvalue weighted by Crippen LogP contribution is 2.22. The average molecular weight is 289 g/mol. The van der Waals surface area contributed by atoms with Gasteiger partial charge in [-0.3, -0.25) is 4.79 Å². The van der Waals surface area contributed by atoms with E-state index in [9.17, 15) is 4.79 Å². The van der Waals surface area contributed by atoms with Crippen molar-refractivity contribution >= 4 is 11.6 Å². The van der Waals surface area contributed by atoms with Crippen LogP contribution in [0.2, 0.25) is 0 Å². The van der Waals surface area contributed by atoms with Gasteiger partial charge in [0.1, 0.15) is 5.69 Å². The zero-order valence-electron chi connectivity index (χ0n) is 13.3. The first-order valence-corrected chi connectivity index (χ1v) is 8.20. The molecule has 21 heavy (non-hydrogen) atoms. The quantitative estimate of drug-likeness (QED) is 0.818. The number of amides is 1. The Kier molecular flexibility index (Phi) is 6.03. The van der Waals surface area contributed by atoms with Crippen molar-refractivity contribution in [3.63, 3.8) is 0 Å². The number of hydrogen-bond donors (Lipinski definition) is 1. The standard InChI is InChI=1S/C17H27N3O/c1-3-4-5-10-18-17(21)16-7-6-15(13-19-16)20-11-8-14(2)9-12-20/h6-7,13-14H,3-5,8-12H2,1-2H3,(H,18,21). The second-order valence-electron chi connectivity index (χ2n) is 6.03. The molecule has 0 aromatic carbocycles. The molecule has 1 aromatic heterocycles. The van der Waals surface area contributed by atoms with Gasteiger partial charge in [-0.15, -0.1) is 0 Å². The topological polar surface area (TPSA) is 45.2 Å². The van der Waals surface area contributed by atoms with Gasteiger partial charge in [-0.2, -0.15) is 0 Å². The molecular formula is C17H27N3O. The van der Waals surface area contributed by atoms with Crippen LogP contribution in [0.15, 0.2) is 18.3 Å². The van der Waals surface area contributed by atoms with Gasteiger partial charge in [0.05, 0.1) is 11.9 Å². The molecule has 1 aliphatic rings. The SMILES string of the molecule is CCCCCNC(=O)c1ccc(N2CCC(C)CC2)cn1. The Balaban J connectivity index is 1.85. The Hall–Kier alpha value is -1.58. The number of hydrogen-bond acceptors (Lipinski definition) is 3. The minimum atomic E-state index is -0.0649. The molecule has 4 nitrogen and oxygen atoms in total. The lowest BCUT2D eigenvalue weighted by Gasteiger charge is -2.31. The number of carbonyl (C=O) groups is 1. The third kappa shape index (κ3) is 4.73. The van der Waals surface area contributed by atoms with E-state index in [0.29, 0.717) is 5.69 Å². The molecule has 0 spiro atoms. The van der Waals surface area contributed by atoms with Crippen molar-refractivity contribution in [2.75, 3.05) is 24.5 Å². The number of nitrogens with one attached hydrogen (secondary N) is 1. The minimum absolute atomic E-state index is 0.0649. The highest BCUT2D eigenvalue weighted by molar-refractivity contribution is 5.92. The molecule has 1 aromatic rings. The number of pyridine rings is 1. The molecule has 0 atom stereocenters. The highest BCUT2D eigenvalue weighted by Gasteiger charge is 2.16. The second kappa shape index (κ2) is 8.01. The molecule has 2 rings (SSSR count). The second-order valence-corrected chi connectivity index (χ2v) is 6.03. The smallest absolute Gasteiger partial charge is 0.269 e. The van der Waals surface area contributed by atoms with Crippen molar-refractivity contribution < 1.29 is 4.79 Å². The zero-order chi connectivity index (χ0) is 15.1. The van der Waals surface area contributed by atoms with Crippen LogP contribution in [0.1, 0.15) is 56.4 Å². The van der Waals surface area contributed by atoms with Crippen LogP contribution in [0, 0.1) is 5.92 Å². The summed E-state index contributed by atoms with van der Waals surface area (Å²) in [7, 11) is 0. The van der Waals surface area contributed by atoms with Crippen LogP contribution < -0.4 is 10.2 Å². The average Bonchev–Trinajstić information content (AvgIpc) is 2.52. The van der Waals surface area contributed by atoms with Gasteiger partial charge in [-0.05, 0) is 37.3 Å². The maximum absolute atomic E-state index is 12.0. The Morgan fingerprint density at radius 2 is 2.10 bits per heavy atom. The van der Waals surface area contributed by atoms with Crippen LogP contribution in [0.25, 0.3) is 0 Å². The van der Waals surface area contributed by atoms with E-state index in [1.54, 1.807) is 0 Å². The van der Waals surface area contributed by atoms with E-state index in [2.05, 4.69) is 29.0 Å². The van der Waals surface area contributed by atoms with Crippen LogP contribution in [0.4, 0.5) is 5.69 Å². The van der Waals surface area contributed by atoms with Crippen LogP contribution in [-0.2, 0) is 0 Å². The van der Waals surface area contributed by atoms with Gasteiger partial charge in [-0.1, -0.05) is 26.7 Å². The number of aromatic nitrogens is 1. The van der Waals surface area contributed by atoms with Crippen LogP contribution in [0.3, 0.4) is 0 Å². The van der Waals surface area contributed by atoms with Crippen molar-refractivity contribution in [3.8, 4) is 0 Å². The fourth-order valence-electron chi connectivity index (χ4n) is 2.64. The van der Waals surface area contributed by atoms with E-state index >= 15 is 0 Å². The summed E-state index contributed by atoms with van der Waals surface area (Å²) in [6.45, 7) is 7.38. The summed E-state index contributed by atoms with van der Waals surface area (Å²) < 4.78 is 0. The predicted octanol–water partition coefficient (Wildman–Crippen LogP) is 3.24. The monoisotopic (exact) mass is 289 g/mol. The number of nitrogens with zero attached hydrogens (tertiary/aromatic N) is 2. The normalized spacial score (nSPS) is 16.0. The van der Waals surface area contributed by atoms with Crippen molar-refractivity contribution in [2.24, 2.45) is 5.92 Å². The van der Waals surface area contributed by atoms with Gasteiger partial charge in [0.25, 0.3) is 5.91 Å². The Morgan fingerprint density at radius 3 is 2.71 bits per heavy atom. The van der Waals surface area contributed by atoms with Gasteiger partial charge in [0, 0.05) is 19.6 Å². The van der Waals surface area contributed by atoms with Gasteiger partial charge in [0.2, 0.25) is 0 Å². The number of anilines is 1. The Labute approximate surface area is 127 Å². The molecule has 1 N–H and O–H groups in total. The van der Waals surface area contributed by atoms with Crippen molar-refractivity contribution in [2.45, 2.75) is 46.0 Å². The first kappa shape index (κ1) is 15.8. The number of carbonyl (C=O) groups excluding carboxylic acids is 1. The summed E-state index contributed by atoms with van der Waals surface area (Å²) >= 11 is 0. The third-order valence-electron chi connectivity index (χ3n) is 4.20. The molecule has 0 bridgehead atoms. The largest absolute Gasteiger partial charge is 0.370 e. The van der Waals surface area contributed by atoms with E-state index in [4.69, 9.17) is 0 Å². The molecule has 116 valence electrons. The van der Waals surface area contributed by atoms with Crippen molar-refractivity contribution in [3.05, 3.63) is 24.0 Å². The molecule has 1 saturated heterocycles. The van der Waals surface area contributed by atoms with E-state index in [1.807, 2.05) is 18.3 Å². The highest BCUT2D eigenvalue weighted by atomic mass is 16.1. The molecular weight excluding hydrogens is 262 g/mol. The zero-order valence-corrected chi connectivity index (χ0v) is 13.3. The number of rotatable bonds is 6. The maximum Gasteiger partial charge on any atom is 0.269 e. The molecule has 1 amide bonds. The van der Waals surface area contributed by atoms with Gasteiger partial charge in [0.15, 0.2) is 0 Å². The van der Waals surface area contributed by atoms with E-state index in [0.717, 1.165) is 50.5 Å². The summed E-state index contributed by atoms with van der Waals surface area (Å²) in [5.74, 6) is 0.757. The fourth-order valence-corrected chi connectivity index (χ4v) is 2.64. The Morgan fingerprint density at radius 1 is 1.33 bits per heavy atom. The molecule has 4 heteroatoms. The number of piperidine rings is 1. The lowest BCUT2D eigenvalue weighted by Crippen LogP contribution is -2.33.